The molecule has 2 aromatic heterocycles. The standard InChI is InChI=1S/C16H19ClN4/c1-13-14(12-17)5-6-16(19-13)21-10-8-20(9-11-21)15-4-2-3-7-18-15/h2-7H,8-12H2,1H3. The van der Waals surface area contributed by atoms with E-state index in [1.807, 2.05) is 25.3 Å². The number of hydrogen-bond acceptors (Lipinski definition) is 4. The highest BCUT2D eigenvalue weighted by Crippen LogP contribution is 2.19. The number of aryl methyl sites for hydroxylation is 1. The second kappa shape index (κ2) is 6.31. The topological polar surface area (TPSA) is 32.3 Å². The minimum absolute atomic E-state index is 0.520. The van der Waals surface area contributed by atoms with Crippen LogP contribution in [0.1, 0.15) is 11.3 Å². The molecule has 1 fully saturated rings. The maximum atomic E-state index is 5.89. The van der Waals surface area contributed by atoms with Crippen molar-refractivity contribution in [2.24, 2.45) is 0 Å². The molecular formula is C16H19ClN4. The Morgan fingerprint density at radius 1 is 1.00 bits per heavy atom. The van der Waals surface area contributed by atoms with Gasteiger partial charge in [-0.3, -0.25) is 0 Å². The second-order valence-corrected chi connectivity index (χ2v) is 5.48. The van der Waals surface area contributed by atoms with Gasteiger partial charge in [0.1, 0.15) is 11.6 Å². The van der Waals surface area contributed by atoms with Crippen LogP contribution in [0.2, 0.25) is 0 Å². The van der Waals surface area contributed by atoms with Crippen molar-refractivity contribution in [3.8, 4) is 0 Å². The molecule has 3 rings (SSSR count). The van der Waals surface area contributed by atoms with Crippen LogP contribution < -0.4 is 9.80 Å². The van der Waals surface area contributed by atoms with Crippen molar-refractivity contribution >= 4 is 23.2 Å². The third kappa shape index (κ3) is 3.10. The molecule has 0 saturated carbocycles. The van der Waals surface area contributed by atoms with Gasteiger partial charge in [0, 0.05) is 43.9 Å². The van der Waals surface area contributed by atoms with Crippen molar-refractivity contribution in [3.05, 3.63) is 47.8 Å². The highest BCUT2D eigenvalue weighted by molar-refractivity contribution is 6.17. The number of alkyl halides is 1. The fraction of sp³-hybridized carbons (Fsp3) is 0.375. The first-order valence-corrected chi connectivity index (χ1v) is 7.75. The number of halogens is 1. The molecule has 0 bridgehead atoms. The number of pyridine rings is 2. The zero-order valence-electron chi connectivity index (χ0n) is 12.2. The van der Waals surface area contributed by atoms with Gasteiger partial charge >= 0.3 is 0 Å². The van der Waals surface area contributed by atoms with E-state index in [0.717, 1.165) is 49.1 Å². The fourth-order valence-corrected chi connectivity index (χ4v) is 2.88. The molecule has 5 heteroatoms. The Hall–Kier alpha value is -1.81. The Labute approximate surface area is 130 Å². The van der Waals surface area contributed by atoms with E-state index in [9.17, 15) is 0 Å². The van der Waals surface area contributed by atoms with Gasteiger partial charge < -0.3 is 9.80 Å². The molecule has 0 aromatic carbocycles. The molecule has 1 aliphatic heterocycles. The van der Waals surface area contributed by atoms with E-state index >= 15 is 0 Å². The van der Waals surface area contributed by atoms with Gasteiger partial charge in [-0.05, 0) is 30.7 Å². The first-order valence-electron chi connectivity index (χ1n) is 7.21. The Kier molecular flexibility index (Phi) is 4.25. The van der Waals surface area contributed by atoms with Crippen LogP contribution in [0.3, 0.4) is 0 Å². The minimum Gasteiger partial charge on any atom is -0.353 e. The molecule has 0 N–H and O–H groups in total. The normalized spacial score (nSPS) is 15.3. The van der Waals surface area contributed by atoms with E-state index in [2.05, 4.69) is 38.0 Å². The third-order valence-electron chi connectivity index (χ3n) is 3.90. The molecule has 110 valence electrons. The van der Waals surface area contributed by atoms with Crippen molar-refractivity contribution in [1.82, 2.24) is 9.97 Å². The summed E-state index contributed by atoms with van der Waals surface area (Å²) in [5.74, 6) is 2.62. The summed E-state index contributed by atoms with van der Waals surface area (Å²) in [6, 6.07) is 10.2. The van der Waals surface area contributed by atoms with Crippen LogP contribution >= 0.6 is 11.6 Å². The molecular weight excluding hydrogens is 284 g/mol. The molecule has 2 aromatic rings. The van der Waals surface area contributed by atoms with E-state index in [1.165, 1.54) is 0 Å². The van der Waals surface area contributed by atoms with Crippen molar-refractivity contribution in [2.75, 3.05) is 36.0 Å². The van der Waals surface area contributed by atoms with Crippen LogP contribution in [0.25, 0.3) is 0 Å². The van der Waals surface area contributed by atoms with Crippen LogP contribution in [0, 0.1) is 6.92 Å². The molecule has 4 nitrogen and oxygen atoms in total. The van der Waals surface area contributed by atoms with E-state index < -0.39 is 0 Å². The minimum atomic E-state index is 0.520. The van der Waals surface area contributed by atoms with Crippen LogP contribution in [0.15, 0.2) is 36.5 Å². The number of piperazine rings is 1. The summed E-state index contributed by atoms with van der Waals surface area (Å²) in [6.07, 6.45) is 1.84. The predicted molar refractivity (Wildman–Crippen MR) is 87.2 cm³/mol. The second-order valence-electron chi connectivity index (χ2n) is 5.21. The van der Waals surface area contributed by atoms with E-state index in [-0.39, 0.29) is 0 Å². The average molecular weight is 303 g/mol. The molecule has 1 saturated heterocycles. The zero-order chi connectivity index (χ0) is 14.7. The smallest absolute Gasteiger partial charge is 0.128 e. The van der Waals surface area contributed by atoms with Gasteiger partial charge in [-0.25, -0.2) is 9.97 Å². The van der Waals surface area contributed by atoms with E-state index in [1.54, 1.807) is 0 Å². The number of nitrogens with zero attached hydrogens (tertiary/aromatic N) is 4. The van der Waals surface area contributed by atoms with Gasteiger partial charge in [-0.1, -0.05) is 12.1 Å². The van der Waals surface area contributed by atoms with Gasteiger partial charge in [0.05, 0.1) is 0 Å². The monoisotopic (exact) mass is 302 g/mol. The molecule has 21 heavy (non-hydrogen) atoms. The van der Waals surface area contributed by atoms with Gasteiger partial charge in [0.2, 0.25) is 0 Å². The van der Waals surface area contributed by atoms with E-state index in [0.29, 0.717) is 5.88 Å². The number of rotatable bonds is 3. The van der Waals surface area contributed by atoms with Gasteiger partial charge in [0.15, 0.2) is 0 Å². The number of aromatic nitrogens is 2. The molecule has 0 atom stereocenters. The molecule has 0 aliphatic carbocycles. The third-order valence-corrected chi connectivity index (χ3v) is 4.19. The summed E-state index contributed by atoms with van der Waals surface area (Å²) in [6.45, 7) is 5.88. The largest absolute Gasteiger partial charge is 0.353 e. The summed E-state index contributed by atoms with van der Waals surface area (Å²) in [4.78, 5) is 13.7. The van der Waals surface area contributed by atoms with Gasteiger partial charge in [-0.2, -0.15) is 0 Å². The Bertz CT molecular complexity index is 594. The summed E-state index contributed by atoms with van der Waals surface area (Å²) >= 11 is 5.89. The highest BCUT2D eigenvalue weighted by atomic mass is 35.5. The van der Waals surface area contributed by atoms with Crippen LogP contribution in [-0.4, -0.2) is 36.1 Å². The first kappa shape index (κ1) is 14.1. The molecule has 0 unspecified atom stereocenters. The van der Waals surface area contributed by atoms with E-state index in [4.69, 9.17) is 11.6 Å². The predicted octanol–water partition coefficient (Wildman–Crippen LogP) is 2.85. The maximum absolute atomic E-state index is 5.89. The molecule has 3 heterocycles. The average Bonchev–Trinajstić information content (AvgIpc) is 2.56. The fourth-order valence-electron chi connectivity index (χ4n) is 2.60. The molecule has 0 spiro atoms. The molecule has 0 radical (unpaired) electrons. The molecule has 1 aliphatic rings. The van der Waals surface area contributed by atoms with Crippen molar-refractivity contribution < 1.29 is 0 Å². The SMILES string of the molecule is Cc1nc(N2CCN(c3ccccn3)CC2)ccc1CCl. The zero-order valence-corrected chi connectivity index (χ0v) is 12.9. The van der Waals surface area contributed by atoms with Crippen molar-refractivity contribution in [1.29, 1.82) is 0 Å². The molecule has 0 amide bonds. The van der Waals surface area contributed by atoms with Gasteiger partial charge in [0.25, 0.3) is 0 Å². The summed E-state index contributed by atoms with van der Waals surface area (Å²) in [5.41, 5.74) is 2.13. The number of hydrogen-bond donors (Lipinski definition) is 0. The number of anilines is 2. The summed E-state index contributed by atoms with van der Waals surface area (Å²) in [7, 11) is 0. The Balaban J connectivity index is 1.67. The summed E-state index contributed by atoms with van der Waals surface area (Å²) < 4.78 is 0. The lowest BCUT2D eigenvalue weighted by Gasteiger charge is -2.36. The van der Waals surface area contributed by atoms with Crippen molar-refractivity contribution in [2.45, 2.75) is 12.8 Å². The Morgan fingerprint density at radius 3 is 2.29 bits per heavy atom. The lowest BCUT2D eigenvalue weighted by molar-refractivity contribution is 0.641. The maximum Gasteiger partial charge on any atom is 0.128 e. The Morgan fingerprint density at radius 2 is 1.71 bits per heavy atom. The van der Waals surface area contributed by atoms with Crippen LogP contribution in [0.4, 0.5) is 11.6 Å². The van der Waals surface area contributed by atoms with Crippen LogP contribution in [-0.2, 0) is 5.88 Å². The van der Waals surface area contributed by atoms with Crippen LogP contribution in [0.5, 0.6) is 0 Å². The highest BCUT2D eigenvalue weighted by Gasteiger charge is 2.19. The quantitative estimate of drug-likeness (QED) is 0.816. The first-order chi connectivity index (χ1) is 10.3. The van der Waals surface area contributed by atoms with Gasteiger partial charge in [-0.15, -0.1) is 11.6 Å². The lowest BCUT2D eigenvalue weighted by Crippen LogP contribution is -2.47. The lowest BCUT2D eigenvalue weighted by atomic mass is 10.2. The van der Waals surface area contributed by atoms with Crippen molar-refractivity contribution in [3.63, 3.8) is 0 Å². The summed E-state index contributed by atoms with van der Waals surface area (Å²) in [5, 5.41) is 0.